The van der Waals surface area contributed by atoms with Crippen molar-refractivity contribution in [3.05, 3.63) is 54.1 Å². The molecule has 0 heterocycles. The molecule has 7 heteroatoms. The highest BCUT2D eigenvalue weighted by Crippen LogP contribution is 2.52. The number of hydrogen-bond donors (Lipinski definition) is 1. The number of anilines is 1. The Morgan fingerprint density at radius 2 is 1.39 bits per heavy atom. The van der Waals surface area contributed by atoms with Crippen LogP contribution in [0.2, 0.25) is 0 Å². The lowest BCUT2D eigenvalue weighted by Crippen LogP contribution is -2.21. The summed E-state index contributed by atoms with van der Waals surface area (Å²) in [5.41, 5.74) is 1.50. The Labute approximate surface area is 166 Å². The highest BCUT2D eigenvalue weighted by molar-refractivity contribution is 7.55. The Balaban J connectivity index is 2.33. The molecule has 0 saturated carbocycles. The quantitative estimate of drug-likeness (QED) is 0.481. The zero-order chi connectivity index (χ0) is 20.4. The summed E-state index contributed by atoms with van der Waals surface area (Å²) in [6, 6.07) is 14.6. The largest absolute Gasteiger partial charge is 0.497 e. The van der Waals surface area contributed by atoms with Crippen molar-refractivity contribution in [3.63, 3.8) is 0 Å². The molecule has 0 saturated heterocycles. The molecule has 0 spiro atoms. The van der Waals surface area contributed by atoms with Gasteiger partial charge in [-0.25, -0.2) is 0 Å². The summed E-state index contributed by atoms with van der Waals surface area (Å²) >= 11 is 0. The van der Waals surface area contributed by atoms with Crippen LogP contribution in [0, 0.1) is 11.8 Å². The molecule has 2 rings (SSSR count). The summed E-state index contributed by atoms with van der Waals surface area (Å²) in [4.78, 5) is 0. The molecule has 1 N–H and O–H groups in total. The van der Waals surface area contributed by atoms with Gasteiger partial charge in [0.05, 0.1) is 27.4 Å². The van der Waals surface area contributed by atoms with Gasteiger partial charge in [0, 0.05) is 11.3 Å². The second kappa shape index (κ2) is 10.8. The first-order valence-electron chi connectivity index (χ1n) is 8.99. The van der Waals surface area contributed by atoms with Crippen LogP contribution in [0.15, 0.2) is 48.5 Å². The summed E-state index contributed by atoms with van der Waals surface area (Å²) in [6.45, 7) is 4.05. The Hall–Kier alpha value is -2.45. The molecule has 0 aromatic heterocycles. The Bertz CT molecular complexity index is 830. The van der Waals surface area contributed by atoms with Crippen LogP contribution < -0.4 is 14.8 Å². The zero-order valence-corrected chi connectivity index (χ0v) is 17.5. The van der Waals surface area contributed by atoms with E-state index in [0.717, 1.165) is 22.7 Å². The van der Waals surface area contributed by atoms with Crippen LogP contribution in [-0.2, 0) is 13.6 Å². The van der Waals surface area contributed by atoms with Gasteiger partial charge in [-0.1, -0.05) is 11.8 Å². The van der Waals surface area contributed by atoms with E-state index in [0.29, 0.717) is 0 Å². The number of rotatable bonds is 9. The van der Waals surface area contributed by atoms with E-state index in [1.54, 1.807) is 28.1 Å². The molecule has 2 aromatic rings. The molecule has 0 fully saturated rings. The second-order valence-electron chi connectivity index (χ2n) is 5.65. The lowest BCUT2D eigenvalue weighted by molar-refractivity contribution is 0.218. The maximum atomic E-state index is 13.3. The first-order chi connectivity index (χ1) is 13.5. The van der Waals surface area contributed by atoms with Gasteiger partial charge in [0.25, 0.3) is 0 Å². The van der Waals surface area contributed by atoms with Crippen LogP contribution in [0.3, 0.4) is 0 Å². The van der Waals surface area contributed by atoms with Crippen LogP contribution in [0.25, 0.3) is 0 Å². The van der Waals surface area contributed by atoms with Gasteiger partial charge in [0.2, 0.25) is 0 Å². The fourth-order valence-electron chi connectivity index (χ4n) is 2.41. The van der Waals surface area contributed by atoms with Crippen LogP contribution in [0.1, 0.15) is 19.4 Å². The normalized spacial score (nSPS) is 11.9. The lowest BCUT2D eigenvalue weighted by atomic mass is 10.2. The zero-order valence-electron chi connectivity index (χ0n) is 16.6. The van der Waals surface area contributed by atoms with Crippen LogP contribution >= 0.6 is 7.60 Å². The van der Waals surface area contributed by atoms with Crippen molar-refractivity contribution < 1.29 is 23.1 Å². The molecule has 0 aliphatic rings. The molecule has 150 valence electrons. The molecule has 0 radical (unpaired) electrons. The third-order valence-corrected chi connectivity index (χ3v) is 5.90. The first-order valence-corrected chi connectivity index (χ1v) is 10.6. The topological polar surface area (TPSA) is 66.0 Å². The van der Waals surface area contributed by atoms with E-state index in [1.165, 1.54) is 0 Å². The molecule has 0 amide bonds. The number of methoxy groups -OCH3 is 2. The highest BCUT2D eigenvalue weighted by Gasteiger charge is 2.34. The third kappa shape index (κ3) is 6.03. The summed E-state index contributed by atoms with van der Waals surface area (Å²) in [5, 5.41) is 3.17. The van der Waals surface area contributed by atoms with E-state index in [1.807, 2.05) is 48.5 Å². The lowest BCUT2D eigenvalue weighted by Gasteiger charge is -2.24. The van der Waals surface area contributed by atoms with Gasteiger partial charge in [-0.05, 0) is 62.4 Å². The molecule has 28 heavy (non-hydrogen) atoms. The SMILES string of the molecule is CCOP(=O)(OCC)C(C#Cc1ccc(OC)cc1)Nc1ccc(OC)cc1. The van der Waals surface area contributed by atoms with Crippen molar-refractivity contribution in [2.75, 3.05) is 32.8 Å². The Morgan fingerprint density at radius 3 is 1.86 bits per heavy atom. The number of benzene rings is 2. The van der Waals surface area contributed by atoms with E-state index < -0.39 is 13.4 Å². The highest BCUT2D eigenvalue weighted by atomic mass is 31.2. The monoisotopic (exact) mass is 403 g/mol. The van der Waals surface area contributed by atoms with Crippen molar-refractivity contribution in [1.82, 2.24) is 0 Å². The average Bonchev–Trinajstić information content (AvgIpc) is 2.72. The average molecular weight is 403 g/mol. The summed E-state index contributed by atoms with van der Waals surface area (Å²) in [6.07, 6.45) is 0. The van der Waals surface area contributed by atoms with Gasteiger partial charge in [0.15, 0.2) is 5.78 Å². The molecule has 0 bridgehead atoms. The maximum Gasteiger partial charge on any atom is 0.364 e. The minimum absolute atomic E-state index is 0.252. The minimum Gasteiger partial charge on any atom is -0.497 e. The predicted octanol–water partition coefficient (Wildman–Crippen LogP) is 4.76. The van der Waals surface area contributed by atoms with Crippen LogP contribution in [0.4, 0.5) is 5.69 Å². The van der Waals surface area contributed by atoms with Gasteiger partial charge in [-0.2, -0.15) is 0 Å². The molecule has 1 atom stereocenters. The third-order valence-electron chi connectivity index (χ3n) is 3.77. The van der Waals surface area contributed by atoms with Gasteiger partial charge in [0.1, 0.15) is 11.5 Å². The molecule has 0 aliphatic heterocycles. The number of nitrogens with one attached hydrogen (secondary N) is 1. The van der Waals surface area contributed by atoms with E-state index in [9.17, 15) is 4.57 Å². The van der Waals surface area contributed by atoms with Crippen molar-refractivity contribution in [3.8, 4) is 23.3 Å². The Kier molecular flexibility index (Phi) is 8.41. The second-order valence-corrected chi connectivity index (χ2v) is 7.76. The maximum absolute atomic E-state index is 13.3. The fourth-order valence-corrected chi connectivity index (χ4v) is 4.03. The number of hydrogen-bond acceptors (Lipinski definition) is 6. The summed E-state index contributed by atoms with van der Waals surface area (Å²) < 4.78 is 34.6. The molecule has 1 unspecified atom stereocenters. The summed E-state index contributed by atoms with van der Waals surface area (Å²) in [5.74, 6) is 6.69. The van der Waals surface area contributed by atoms with Crippen LogP contribution in [0.5, 0.6) is 11.5 Å². The summed E-state index contributed by atoms with van der Waals surface area (Å²) in [7, 11) is -0.298. The fraction of sp³-hybridized carbons (Fsp3) is 0.333. The van der Waals surface area contributed by atoms with E-state index >= 15 is 0 Å². The van der Waals surface area contributed by atoms with Gasteiger partial charge >= 0.3 is 7.60 Å². The van der Waals surface area contributed by atoms with Crippen molar-refractivity contribution in [2.24, 2.45) is 0 Å². The Morgan fingerprint density at radius 1 is 0.893 bits per heavy atom. The molecular formula is C21H26NO5P. The van der Waals surface area contributed by atoms with Crippen molar-refractivity contribution in [2.45, 2.75) is 19.6 Å². The molecule has 6 nitrogen and oxygen atoms in total. The van der Waals surface area contributed by atoms with E-state index in [-0.39, 0.29) is 13.2 Å². The molecule has 0 aliphatic carbocycles. The van der Waals surface area contributed by atoms with Crippen molar-refractivity contribution >= 4 is 13.3 Å². The smallest absolute Gasteiger partial charge is 0.364 e. The molecule has 2 aromatic carbocycles. The van der Waals surface area contributed by atoms with Crippen molar-refractivity contribution in [1.29, 1.82) is 0 Å². The van der Waals surface area contributed by atoms with Gasteiger partial charge in [-0.15, -0.1) is 0 Å². The van der Waals surface area contributed by atoms with E-state index in [4.69, 9.17) is 18.5 Å². The van der Waals surface area contributed by atoms with E-state index in [2.05, 4.69) is 17.2 Å². The first kappa shape index (κ1) is 21.8. The molecular weight excluding hydrogens is 377 g/mol. The predicted molar refractivity (Wildman–Crippen MR) is 111 cm³/mol. The van der Waals surface area contributed by atoms with Crippen LogP contribution in [-0.4, -0.2) is 33.2 Å². The number of ether oxygens (including phenoxy) is 2. The standard InChI is InChI=1S/C21H26NO5P/c1-5-26-28(23,27-6-2)21(22-18-10-14-20(25-4)15-11-18)16-9-17-7-12-19(24-3)13-8-17/h7-8,10-15,21-22H,5-6H2,1-4H3. The minimum atomic E-state index is -3.51. The van der Waals surface area contributed by atoms with Gasteiger partial charge in [-0.3, -0.25) is 4.57 Å². The van der Waals surface area contributed by atoms with Gasteiger partial charge < -0.3 is 23.8 Å².